The van der Waals surface area contributed by atoms with Crippen LogP contribution in [0, 0.1) is 5.92 Å². The molecule has 15 heavy (non-hydrogen) atoms. The lowest BCUT2D eigenvalue weighted by Gasteiger charge is -2.30. The summed E-state index contributed by atoms with van der Waals surface area (Å²) in [6.45, 7) is 5.81. The van der Waals surface area contributed by atoms with Crippen LogP contribution in [-0.4, -0.2) is 40.4 Å². The standard InChI is InChI=1S/C10H16O5/c1-3-6(2)4-14-10-9(13)8(12)7(11)5-15-10/h3,5-6,8-13H,1,4H2,2H3. The second-order valence-electron chi connectivity index (χ2n) is 3.53. The molecule has 1 heterocycles. The van der Waals surface area contributed by atoms with Gasteiger partial charge in [-0.15, -0.1) is 6.58 Å². The molecule has 0 saturated carbocycles. The summed E-state index contributed by atoms with van der Waals surface area (Å²) in [5, 5.41) is 27.8. The Kier molecular flexibility index (Phi) is 4.14. The zero-order valence-electron chi connectivity index (χ0n) is 8.54. The van der Waals surface area contributed by atoms with Gasteiger partial charge in [-0.1, -0.05) is 13.0 Å². The maximum Gasteiger partial charge on any atom is 0.228 e. The van der Waals surface area contributed by atoms with Gasteiger partial charge >= 0.3 is 0 Å². The number of rotatable bonds is 4. The lowest BCUT2D eigenvalue weighted by atomic mass is 10.1. The van der Waals surface area contributed by atoms with Gasteiger partial charge in [0.2, 0.25) is 6.29 Å². The van der Waals surface area contributed by atoms with E-state index in [1.54, 1.807) is 6.08 Å². The van der Waals surface area contributed by atoms with Gasteiger partial charge in [0.05, 0.1) is 6.61 Å². The summed E-state index contributed by atoms with van der Waals surface area (Å²) >= 11 is 0. The van der Waals surface area contributed by atoms with Gasteiger partial charge in [-0.05, 0) is 5.92 Å². The minimum Gasteiger partial charge on any atom is -0.506 e. The molecule has 0 aromatic heterocycles. The molecule has 0 aromatic rings. The van der Waals surface area contributed by atoms with Crippen LogP contribution < -0.4 is 0 Å². The highest BCUT2D eigenvalue weighted by Crippen LogP contribution is 2.18. The molecule has 4 atom stereocenters. The highest BCUT2D eigenvalue weighted by molar-refractivity contribution is 5.01. The molecule has 0 aromatic carbocycles. The summed E-state index contributed by atoms with van der Waals surface area (Å²) in [6, 6.07) is 0. The van der Waals surface area contributed by atoms with Crippen molar-refractivity contribution in [3.05, 3.63) is 24.7 Å². The van der Waals surface area contributed by atoms with Crippen molar-refractivity contribution in [2.75, 3.05) is 6.61 Å². The van der Waals surface area contributed by atoms with E-state index in [4.69, 9.17) is 14.6 Å². The fourth-order valence-corrected chi connectivity index (χ4v) is 1.06. The van der Waals surface area contributed by atoms with Gasteiger partial charge in [-0.2, -0.15) is 0 Å². The van der Waals surface area contributed by atoms with Crippen LogP contribution in [0.3, 0.4) is 0 Å². The Morgan fingerprint density at radius 2 is 2.33 bits per heavy atom. The van der Waals surface area contributed by atoms with E-state index in [1.165, 1.54) is 0 Å². The molecule has 0 saturated heterocycles. The predicted molar refractivity (Wildman–Crippen MR) is 52.9 cm³/mol. The Morgan fingerprint density at radius 1 is 1.67 bits per heavy atom. The molecule has 0 amide bonds. The molecule has 1 aliphatic rings. The molecule has 1 aliphatic heterocycles. The van der Waals surface area contributed by atoms with Crippen molar-refractivity contribution in [3.63, 3.8) is 0 Å². The van der Waals surface area contributed by atoms with Crippen molar-refractivity contribution in [2.45, 2.75) is 25.4 Å². The first kappa shape index (κ1) is 12.0. The average molecular weight is 216 g/mol. The molecule has 4 unspecified atom stereocenters. The third-order valence-corrected chi connectivity index (χ3v) is 2.15. The Labute approximate surface area is 88.2 Å². The molecular weight excluding hydrogens is 200 g/mol. The molecule has 0 spiro atoms. The summed E-state index contributed by atoms with van der Waals surface area (Å²) in [5.41, 5.74) is 0. The van der Waals surface area contributed by atoms with E-state index in [-0.39, 0.29) is 5.92 Å². The topological polar surface area (TPSA) is 79.2 Å². The Morgan fingerprint density at radius 3 is 2.93 bits per heavy atom. The van der Waals surface area contributed by atoms with Crippen LogP contribution in [0.5, 0.6) is 0 Å². The largest absolute Gasteiger partial charge is 0.506 e. The molecule has 0 fully saturated rings. The molecule has 5 heteroatoms. The quantitative estimate of drug-likeness (QED) is 0.589. The minimum atomic E-state index is -1.36. The lowest BCUT2D eigenvalue weighted by Crippen LogP contribution is -2.44. The Bertz CT molecular complexity index is 250. The van der Waals surface area contributed by atoms with E-state index in [1.807, 2.05) is 6.92 Å². The molecule has 1 rings (SSSR count). The molecular formula is C10H16O5. The van der Waals surface area contributed by atoms with E-state index in [0.29, 0.717) is 6.61 Å². The second kappa shape index (κ2) is 5.16. The molecule has 86 valence electrons. The van der Waals surface area contributed by atoms with Gasteiger partial charge in [0.15, 0.2) is 5.76 Å². The van der Waals surface area contributed by atoms with Gasteiger partial charge in [-0.3, -0.25) is 0 Å². The molecule has 0 aliphatic carbocycles. The van der Waals surface area contributed by atoms with Gasteiger partial charge in [-0.25, -0.2) is 0 Å². The Balaban J connectivity index is 2.47. The summed E-state index contributed by atoms with van der Waals surface area (Å²) in [6.07, 6.45) is -0.923. The lowest BCUT2D eigenvalue weighted by molar-refractivity contribution is -0.207. The third kappa shape index (κ3) is 2.95. The SMILES string of the molecule is C=CC(C)COC1OC=C(O)C(O)C1O. The minimum absolute atomic E-state index is 0.123. The average Bonchev–Trinajstić information content (AvgIpc) is 2.24. The van der Waals surface area contributed by atoms with Crippen LogP contribution in [0.4, 0.5) is 0 Å². The fourth-order valence-electron chi connectivity index (χ4n) is 1.06. The highest BCUT2D eigenvalue weighted by Gasteiger charge is 2.35. The van der Waals surface area contributed by atoms with E-state index < -0.39 is 24.3 Å². The molecule has 5 nitrogen and oxygen atoms in total. The number of hydrogen-bond acceptors (Lipinski definition) is 5. The van der Waals surface area contributed by atoms with Crippen LogP contribution in [0.25, 0.3) is 0 Å². The number of hydrogen-bond donors (Lipinski definition) is 3. The van der Waals surface area contributed by atoms with E-state index in [9.17, 15) is 10.2 Å². The van der Waals surface area contributed by atoms with Gasteiger partial charge in [0.25, 0.3) is 0 Å². The van der Waals surface area contributed by atoms with E-state index in [0.717, 1.165) is 6.26 Å². The highest BCUT2D eigenvalue weighted by atomic mass is 16.7. The van der Waals surface area contributed by atoms with Crippen LogP contribution in [-0.2, 0) is 9.47 Å². The number of ether oxygens (including phenoxy) is 2. The number of aliphatic hydroxyl groups is 3. The summed E-state index contributed by atoms with van der Waals surface area (Å²) in [4.78, 5) is 0. The summed E-state index contributed by atoms with van der Waals surface area (Å²) in [5.74, 6) is -0.281. The third-order valence-electron chi connectivity index (χ3n) is 2.15. The first-order chi connectivity index (χ1) is 7.06. The first-order valence-corrected chi connectivity index (χ1v) is 4.71. The maximum atomic E-state index is 9.47. The molecule has 3 N–H and O–H groups in total. The summed E-state index contributed by atoms with van der Waals surface area (Å²) in [7, 11) is 0. The zero-order chi connectivity index (χ0) is 11.4. The predicted octanol–water partition coefficient (Wildman–Crippen LogP) is 0.303. The number of aliphatic hydroxyl groups excluding tert-OH is 3. The van der Waals surface area contributed by atoms with Crippen molar-refractivity contribution in [1.82, 2.24) is 0 Å². The second-order valence-corrected chi connectivity index (χ2v) is 3.53. The fraction of sp³-hybridized carbons (Fsp3) is 0.600. The van der Waals surface area contributed by atoms with Crippen molar-refractivity contribution >= 4 is 0 Å². The van der Waals surface area contributed by atoms with E-state index >= 15 is 0 Å². The van der Waals surface area contributed by atoms with Crippen LogP contribution in [0.15, 0.2) is 24.7 Å². The van der Waals surface area contributed by atoms with Gasteiger partial charge in [0, 0.05) is 0 Å². The van der Waals surface area contributed by atoms with Crippen molar-refractivity contribution in [1.29, 1.82) is 0 Å². The Hall–Kier alpha value is -1.04. The van der Waals surface area contributed by atoms with Crippen LogP contribution in [0.2, 0.25) is 0 Å². The molecule has 0 radical (unpaired) electrons. The first-order valence-electron chi connectivity index (χ1n) is 4.71. The van der Waals surface area contributed by atoms with Crippen molar-refractivity contribution < 1.29 is 24.8 Å². The molecule has 0 bridgehead atoms. The van der Waals surface area contributed by atoms with Crippen molar-refractivity contribution in [3.8, 4) is 0 Å². The van der Waals surface area contributed by atoms with Crippen LogP contribution >= 0.6 is 0 Å². The van der Waals surface area contributed by atoms with Crippen molar-refractivity contribution in [2.24, 2.45) is 5.92 Å². The zero-order valence-corrected chi connectivity index (χ0v) is 8.54. The summed E-state index contributed by atoms with van der Waals surface area (Å²) < 4.78 is 10.1. The normalized spacial score (nSPS) is 32.7. The van der Waals surface area contributed by atoms with Gasteiger partial charge < -0.3 is 24.8 Å². The monoisotopic (exact) mass is 216 g/mol. The van der Waals surface area contributed by atoms with E-state index in [2.05, 4.69) is 6.58 Å². The smallest absolute Gasteiger partial charge is 0.228 e. The van der Waals surface area contributed by atoms with Crippen LogP contribution in [0.1, 0.15) is 6.92 Å². The maximum absolute atomic E-state index is 9.47. The van der Waals surface area contributed by atoms with Gasteiger partial charge in [0.1, 0.15) is 18.5 Å².